The van der Waals surface area contributed by atoms with Gasteiger partial charge in [-0.2, -0.15) is 4.31 Å². The van der Waals surface area contributed by atoms with Gasteiger partial charge in [-0.3, -0.25) is 0 Å². The van der Waals surface area contributed by atoms with Gasteiger partial charge >= 0.3 is 0 Å². The van der Waals surface area contributed by atoms with Gasteiger partial charge in [0.15, 0.2) is 0 Å². The van der Waals surface area contributed by atoms with Crippen LogP contribution in [-0.2, 0) is 21.4 Å². The number of aryl methyl sites for hydroxylation is 1. The summed E-state index contributed by atoms with van der Waals surface area (Å²) in [5, 5.41) is 9.28. The van der Waals surface area contributed by atoms with Crippen LogP contribution < -0.4 is 0 Å². The van der Waals surface area contributed by atoms with Gasteiger partial charge in [-0.25, -0.2) is 8.42 Å². The van der Waals surface area contributed by atoms with Crippen LogP contribution in [0.1, 0.15) is 24.0 Å². The number of hydrogen-bond acceptors (Lipinski definition) is 4. The fourth-order valence-corrected chi connectivity index (χ4v) is 4.46. The van der Waals surface area contributed by atoms with Gasteiger partial charge in [-0.15, -0.1) is 0 Å². The standard InChI is InChI=1S/C14H19NO4S/c1-10-2-5-14(6-11(10)9-16)20(17,18)15-7-12-3-4-13(8-15)19-12/h2,5-6,12-13,16H,3-4,7-9H2,1H3. The number of nitrogens with zero attached hydrogens (tertiary/aromatic N) is 1. The molecular weight excluding hydrogens is 278 g/mol. The summed E-state index contributed by atoms with van der Waals surface area (Å²) < 4.78 is 32.5. The average Bonchev–Trinajstić information content (AvgIpc) is 2.77. The van der Waals surface area contributed by atoms with Gasteiger partial charge in [0.25, 0.3) is 0 Å². The zero-order chi connectivity index (χ0) is 14.3. The number of hydrogen-bond donors (Lipinski definition) is 1. The summed E-state index contributed by atoms with van der Waals surface area (Å²) in [4.78, 5) is 0.258. The Morgan fingerprint density at radius 2 is 1.95 bits per heavy atom. The Morgan fingerprint density at radius 1 is 1.30 bits per heavy atom. The van der Waals surface area contributed by atoms with Gasteiger partial charge in [0, 0.05) is 13.1 Å². The third-order valence-corrected chi connectivity index (χ3v) is 5.97. The first-order valence-electron chi connectivity index (χ1n) is 6.86. The molecule has 2 unspecified atom stereocenters. The molecule has 3 rings (SSSR count). The minimum atomic E-state index is -3.49. The van der Waals surface area contributed by atoms with Crippen molar-refractivity contribution in [2.24, 2.45) is 0 Å². The van der Waals surface area contributed by atoms with Crippen molar-refractivity contribution in [3.8, 4) is 0 Å². The van der Waals surface area contributed by atoms with E-state index in [1.807, 2.05) is 6.92 Å². The Kier molecular flexibility index (Phi) is 3.58. The van der Waals surface area contributed by atoms with E-state index < -0.39 is 10.0 Å². The van der Waals surface area contributed by atoms with Gasteiger partial charge in [0.1, 0.15) is 0 Å². The molecule has 2 saturated heterocycles. The molecule has 110 valence electrons. The molecule has 1 aromatic carbocycles. The molecule has 0 spiro atoms. The van der Waals surface area contributed by atoms with E-state index in [2.05, 4.69) is 0 Å². The first kappa shape index (κ1) is 14.0. The van der Waals surface area contributed by atoms with Crippen molar-refractivity contribution in [2.75, 3.05) is 13.1 Å². The normalized spacial score (nSPS) is 26.9. The highest BCUT2D eigenvalue weighted by molar-refractivity contribution is 7.89. The Labute approximate surface area is 119 Å². The van der Waals surface area contributed by atoms with E-state index in [1.165, 1.54) is 4.31 Å². The van der Waals surface area contributed by atoms with Crippen LogP contribution in [0.2, 0.25) is 0 Å². The molecule has 2 heterocycles. The van der Waals surface area contributed by atoms with E-state index in [4.69, 9.17) is 4.74 Å². The molecule has 2 aliphatic heterocycles. The fraction of sp³-hybridized carbons (Fsp3) is 0.571. The molecule has 0 aromatic heterocycles. The van der Waals surface area contributed by atoms with Crippen molar-refractivity contribution in [1.82, 2.24) is 4.31 Å². The topological polar surface area (TPSA) is 66.8 Å². The molecular formula is C14H19NO4S. The van der Waals surface area contributed by atoms with Gasteiger partial charge in [-0.05, 0) is 43.0 Å². The molecule has 6 heteroatoms. The number of aliphatic hydroxyl groups excluding tert-OH is 1. The van der Waals surface area contributed by atoms with Crippen LogP contribution in [0.5, 0.6) is 0 Å². The Hall–Kier alpha value is -0.950. The molecule has 2 fully saturated rings. The monoisotopic (exact) mass is 297 g/mol. The van der Waals surface area contributed by atoms with Crippen molar-refractivity contribution < 1.29 is 18.3 Å². The van der Waals surface area contributed by atoms with Crippen molar-refractivity contribution in [1.29, 1.82) is 0 Å². The summed E-state index contributed by atoms with van der Waals surface area (Å²) in [6.07, 6.45) is 1.94. The molecule has 0 saturated carbocycles. The molecule has 2 aliphatic rings. The van der Waals surface area contributed by atoms with Crippen LogP contribution in [0.15, 0.2) is 23.1 Å². The van der Waals surface area contributed by atoms with E-state index >= 15 is 0 Å². The zero-order valence-corrected chi connectivity index (χ0v) is 12.3. The van der Waals surface area contributed by atoms with E-state index in [9.17, 15) is 13.5 Å². The number of sulfonamides is 1. The molecule has 5 nitrogen and oxygen atoms in total. The molecule has 1 N–H and O–H groups in total. The van der Waals surface area contributed by atoms with Crippen LogP contribution >= 0.6 is 0 Å². The second-order valence-electron chi connectivity index (χ2n) is 5.53. The Bertz CT molecular complexity index is 602. The van der Waals surface area contributed by atoms with Crippen LogP contribution in [-0.4, -0.2) is 43.1 Å². The zero-order valence-electron chi connectivity index (χ0n) is 11.4. The number of morpholine rings is 1. The fourth-order valence-electron chi connectivity index (χ4n) is 2.90. The summed E-state index contributed by atoms with van der Waals surface area (Å²) in [5.41, 5.74) is 1.55. The van der Waals surface area contributed by atoms with Crippen LogP contribution in [0, 0.1) is 6.92 Å². The molecule has 2 atom stereocenters. The van der Waals surface area contributed by atoms with E-state index in [-0.39, 0.29) is 23.7 Å². The third kappa shape index (κ3) is 2.37. The SMILES string of the molecule is Cc1ccc(S(=O)(=O)N2CC3CCC(C2)O3)cc1CO. The molecule has 20 heavy (non-hydrogen) atoms. The highest BCUT2D eigenvalue weighted by Crippen LogP contribution is 2.30. The maximum Gasteiger partial charge on any atom is 0.243 e. The minimum Gasteiger partial charge on any atom is -0.392 e. The summed E-state index contributed by atoms with van der Waals surface area (Å²) in [6, 6.07) is 4.93. The maximum absolute atomic E-state index is 12.7. The van der Waals surface area contributed by atoms with Crippen LogP contribution in [0.25, 0.3) is 0 Å². The number of ether oxygens (including phenoxy) is 1. The lowest BCUT2D eigenvalue weighted by Gasteiger charge is -2.31. The lowest BCUT2D eigenvalue weighted by Crippen LogP contribution is -2.45. The van der Waals surface area contributed by atoms with Gasteiger partial charge in [-0.1, -0.05) is 6.07 Å². The quantitative estimate of drug-likeness (QED) is 0.905. The lowest BCUT2D eigenvalue weighted by molar-refractivity contribution is -0.0114. The van der Waals surface area contributed by atoms with Gasteiger partial charge < -0.3 is 9.84 Å². The minimum absolute atomic E-state index is 0.0336. The predicted molar refractivity (Wildman–Crippen MR) is 73.8 cm³/mol. The second kappa shape index (κ2) is 5.11. The van der Waals surface area contributed by atoms with Crippen molar-refractivity contribution >= 4 is 10.0 Å². The number of benzene rings is 1. The first-order valence-corrected chi connectivity index (χ1v) is 8.30. The number of rotatable bonds is 3. The smallest absolute Gasteiger partial charge is 0.243 e. The second-order valence-corrected chi connectivity index (χ2v) is 7.46. The largest absolute Gasteiger partial charge is 0.392 e. The summed E-state index contributed by atoms with van der Waals surface area (Å²) in [5.74, 6) is 0. The third-order valence-electron chi connectivity index (χ3n) is 4.14. The van der Waals surface area contributed by atoms with Gasteiger partial charge in [0.2, 0.25) is 10.0 Å². The highest BCUT2D eigenvalue weighted by Gasteiger charge is 2.39. The van der Waals surface area contributed by atoms with Crippen LogP contribution in [0.3, 0.4) is 0 Å². The highest BCUT2D eigenvalue weighted by atomic mass is 32.2. The van der Waals surface area contributed by atoms with Gasteiger partial charge in [0.05, 0.1) is 23.7 Å². The predicted octanol–water partition coefficient (Wildman–Crippen LogP) is 1.04. The molecule has 0 radical (unpaired) electrons. The van der Waals surface area contributed by atoms with Crippen LogP contribution in [0.4, 0.5) is 0 Å². The molecule has 0 amide bonds. The Balaban J connectivity index is 1.92. The van der Waals surface area contributed by atoms with Crippen molar-refractivity contribution in [2.45, 2.75) is 43.5 Å². The Morgan fingerprint density at radius 3 is 2.55 bits per heavy atom. The van der Waals surface area contributed by atoms with E-state index in [1.54, 1.807) is 18.2 Å². The number of aliphatic hydroxyl groups is 1. The average molecular weight is 297 g/mol. The molecule has 2 bridgehead atoms. The van der Waals surface area contributed by atoms with E-state index in [0.29, 0.717) is 18.7 Å². The van der Waals surface area contributed by atoms with Crippen molar-refractivity contribution in [3.63, 3.8) is 0 Å². The summed E-state index contributed by atoms with van der Waals surface area (Å²) in [7, 11) is -3.49. The number of fused-ring (bicyclic) bond motifs is 2. The molecule has 0 aliphatic carbocycles. The maximum atomic E-state index is 12.7. The lowest BCUT2D eigenvalue weighted by atomic mass is 10.1. The van der Waals surface area contributed by atoms with Crippen molar-refractivity contribution in [3.05, 3.63) is 29.3 Å². The first-order chi connectivity index (χ1) is 9.50. The van der Waals surface area contributed by atoms with E-state index in [0.717, 1.165) is 18.4 Å². The summed E-state index contributed by atoms with van der Waals surface area (Å²) >= 11 is 0. The summed E-state index contributed by atoms with van der Waals surface area (Å²) in [6.45, 7) is 2.57. The molecule has 1 aromatic rings.